The topological polar surface area (TPSA) is 88.6 Å². The lowest BCUT2D eigenvalue weighted by Gasteiger charge is -2.26. The van der Waals surface area contributed by atoms with Gasteiger partial charge in [0.2, 0.25) is 5.91 Å². The molecule has 2 N–H and O–H groups in total. The molecule has 0 spiro atoms. The second kappa shape index (κ2) is 16.0. The highest BCUT2D eigenvalue weighted by atomic mass is 32.1. The number of piperidine rings is 1. The van der Waals surface area contributed by atoms with E-state index in [2.05, 4.69) is 53.3 Å². The minimum Gasteiger partial charge on any atom is -0.493 e. The van der Waals surface area contributed by atoms with E-state index in [1.807, 2.05) is 31.0 Å². The van der Waals surface area contributed by atoms with Crippen LogP contribution in [-0.2, 0) is 11.3 Å². The number of ether oxygens (including phenoxy) is 2. The fourth-order valence-corrected chi connectivity index (χ4v) is 6.91. The van der Waals surface area contributed by atoms with E-state index in [-0.39, 0.29) is 6.04 Å². The molecule has 2 aromatic heterocycles. The van der Waals surface area contributed by atoms with Gasteiger partial charge in [-0.25, -0.2) is 9.97 Å². The van der Waals surface area contributed by atoms with E-state index >= 15 is 0 Å². The Morgan fingerprint density at radius 3 is 2.62 bits per heavy atom. The lowest BCUT2D eigenvalue weighted by atomic mass is 10.0. The lowest BCUT2D eigenvalue weighted by Crippen LogP contribution is -2.35. The lowest BCUT2D eigenvalue weighted by molar-refractivity contribution is -0.132. The third-order valence-corrected chi connectivity index (χ3v) is 9.55. The molecule has 1 aliphatic heterocycles. The van der Waals surface area contributed by atoms with Crippen molar-refractivity contribution in [2.24, 2.45) is 0 Å². The fraction of sp³-hybridized carbons (Fsp3) is 0.472. The third-order valence-electron chi connectivity index (χ3n) is 8.44. The number of aromatic nitrogens is 2. The van der Waals surface area contributed by atoms with Gasteiger partial charge in [0.15, 0.2) is 11.5 Å². The maximum atomic E-state index is 12.4. The first kappa shape index (κ1) is 32.7. The Balaban J connectivity index is 1.19. The number of hydrogen-bond acceptors (Lipinski definition) is 8. The number of aryl methyl sites for hydroxylation is 1. The van der Waals surface area contributed by atoms with Crippen LogP contribution in [0.1, 0.15) is 80.6 Å². The molecular formula is C36H47N5O3S. The smallest absolute Gasteiger partial charge is 0.222 e. The highest BCUT2D eigenvalue weighted by Crippen LogP contribution is 2.37. The third kappa shape index (κ3) is 8.52. The number of amides is 1. The van der Waals surface area contributed by atoms with Gasteiger partial charge in [-0.05, 0) is 87.2 Å². The maximum Gasteiger partial charge on any atom is 0.222 e. The first-order valence-corrected chi connectivity index (χ1v) is 17.2. The number of methoxy groups -OCH3 is 1. The molecule has 0 bridgehead atoms. The predicted molar refractivity (Wildman–Crippen MR) is 184 cm³/mol. The van der Waals surface area contributed by atoms with Gasteiger partial charge in [0.25, 0.3) is 0 Å². The van der Waals surface area contributed by atoms with Crippen LogP contribution in [0.4, 0.5) is 5.82 Å². The molecule has 0 unspecified atom stereocenters. The van der Waals surface area contributed by atoms with E-state index in [9.17, 15) is 4.79 Å². The first-order chi connectivity index (χ1) is 22.0. The highest BCUT2D eigenvalue weighted by molar-refractivity contribution is 7.10. The van der Waals surface area contributed by atoms with Crippen molar-refractivity contribution in [1.82, 2.24) is 20.2 Å². The Labute approximate surface area is 271 Å². The van der Waals surface area contributed by atoms with Gasteiger partial charge in [-0.2, -0.15) is 0 Å². The van der Waals surface area contributed by atoms with E-state index in [1.54, 1.807) is 18.4 Å². The highest BCUT2D eigenvalue weighted by Gasteiger charge is 2.18. The molecule has 9 heteroatoms. The first-order valence-electron chi connectivity index (χ1n) is 16.3. The van der Waals surface area contributed by atoms with Crippen LogP contribution in [0.5, 0.6) is 11.5 Å². The van der Waals surface area contributed by atoms with Crippen LogP contribution in [0.3, 0.4) is 0 Å². The van der Waals surface area contributed by atoms with Crippen LogP contribution in [0.2, 0.25) is 0 Å². The number of fused-ring (bicyclic) bond motifs is 1. The van der Waals surface area contributed by atoms with E-state index in [0.717, 1.165) is 74.9 Å². The number of carbonyl (C=O) groups is 1. The van der Waals surface area contributed by atoms with Crippen LogP contribution in [0.15, 0.2) is 47.8 Å². The fourth-order valence-electron chi connectivity index (χ4n) is 5.99. The van der Waals surface area contributed by atoms with Gasteiger partial charge in [0.05, 0.1) is 25.3 Å². The van der Waals surface area contributed by atoms with Crippen LogP contribution in [-0.4, -0.2) is 54.6 Å². The molecule has 0 saturated carbocycles. The van der Waals surface area contributed by atoms with Gasteiger partial charge in [-0.15, -0.1) is 11.3 Å². The number of hydrogen-bond donors (Lipinski definition) is 2. The molecule has 0 radical (unpaired) electrons. The van der Waals surface area contributed by atoms with Crippen molar-refractivity contribution in [2.75, 3.05) is 39.2 Å². The summed E-state index contributed by atoms with van der Waals surface area (Å²) in [6.07, 6.45) is 8.13. The molecule has 1 fully saturated rings. The van der Waals surface area contributed by atoms with Crippen LogP contribution in [0, 0.1) is 6.92 Å². The molecule has 5 rings (SSSR count). The standard InChI is InChI=1S/C36H47N5O3S/c1-25(34-20-28(24-45-34)29-15-10-9-14-27(29)23-37-3)38-36-30-21-32(43-4)33(22-31(30)39-26(2)40-36)44-19-13-6-5-8-16-35(42)41-17-11-7-12-18-41/h9-10,14-15,20-22,24-25,37H,5-8,11-13,16-19,23H2,1-4H3,(H,38,39,40)/t25-/m0/s1. The summed E-state index contributed by atoms with van der Waals surface area (Å²) in [5, 5.41) is 10.0. The molecule has 1 saturated heterocycles. The zero-order valence-corrected chi connectivity index (χ0v) is 28.0. The SMILES string of the molecule is CNCc1ccccc1-c1csc([C@H](C)Nc2nc(C)nc3cc(OCCCCCCC(=O)N4CCCCC4)c(OC)cc23)c1. The van der Waals surface area contributed by atoms with Gasteiger partial charge >= 0.3 is 0 Å². The number of nitrogens with zero attached hydrogens (tertiary/aromatic N) is 3. The van der Waals surface area contributed by atoms with Gasteiger partial charge in [0.1, 0.15) is 11.6 Å². The molecule has 1 atom stereocenters. The average Bonchev–Trinajstić information content (AvgIpc) is 3.55. The largest absolute Gasteiger partial charge is 0.493 e. The van der Waals surface area contributed by atoms with Crippen molar-refractivity contribution < 1.29 is 14.3 Å². The Morgan fingerprint density at radius 1 is 1.02 bits per heavy atom. The van der Waals surface area contributed by atoms with Crippen molar-refractivity contribution in [1.29, 1.82) is 0 Å². The summed E-state index contributed by atoms with van der Waals surface area (Å²) in [7, 11) is 3.64. The minimum absolute atomic E-state index is 0.0507. The molecule has 4 aromatic rings. The Kier molecular flexibility index (Phi) is 11.7. The summed E-state index contributed by atoms with van der Waals surface area (Å²) in [6.45, 7) is 7.37. The monoisotopic (exact) mass is 629 g/mol. The number of nitrogens with one attached hydrogen (secondary N) is 2. The molecule has 0 aliphatic carbocycles. The van der Waals surface area contributed by atoms with E-state index in [1.165, 1.54) is 28.0 Å². The summed E-state index contributed by atoms with van der Waals surface area (Å²) in [4.78, 5) is 25.1. The van der Waals surface area contributed by atoms with Crippen molar-refractivity contribution in [3.05, 3.63) is 64.1 Å². The summed E-state index contributed by atoms with van der Waals surface area (Å²) in [5.74, 6) is 3.14. The van der Waals surface area contributed by atoms with Gasteiger partial charge < -0.3 is 25.0 Å². The zero-order valence-electron chi connectivity index (χ0n) is 27.2. The van der Waals surface area contributed by atoms with Gasteiger partial charge in [0, 0.05) is 42.4 Å². The van der Waals surface area contributed by atoms with E-state index < -0.39 is 0 Å². The van der Waals surface area contributed by atoms with Crippen molar-refractivity contribution in [2.45, 2.75) is 77.8 Å². The number of anilines is 1. The van der Waals surface area contributed by atoms with Crippen LogP contribution >= 0.6 is 11.3 Å². The normalized spacial score (nSPS) is 14.0. The van der Waals surface area contributed by atoms with Gasteiger partial charge in [-0.1, -0.05) is 37.1 Å². The zero-order chi connectivity index (χ0) is 31.6. The average molecular weight is 630 g/mol. The summed E-state index contributed by atoms with van der Waals surface area (Å²) >= 11 is 1.75. The number of thiophene rings is 1. The Morgan fingerprint density at radius 2 is 1.82 bits per heavy atom. The predicted octanol–water partition coefficient (Wildman–Crippen LogP) is 7.91. The van der Waals surface area contributed by atoms with Crippen molar-refractivity contribution >= 4 is 34.0 Å². The summed E-state index contributed by atoms with van der Waals surface area (Å²) < 4.78 is 11.9. The summed E-state index contributed by atoms with van der Waals surface area (Å²) in [6, 6.07) is 14.8. The van der Waals surface area contributed by atoms with Gasteiger partial charge in [-0.3, -0.25) is 4.79 Å². The molecule has 240 valence electrons. The number of benzene rings is 2. The number of likely N-dealkylation sites (tertiary alicyclic amines) is 1. The molecular weight excluding hydrogens is 582 g/mol. The second-order valence-electron chi connectivity index (χ2n) is 11.9. The quantitative estimate of drug-likeness (QED) is 0.129. The second-order valence-corrected chi connectivity index (χ2v) is 12.8. The van der Waals surface area contributed by atoms with Crippen LogP contribution in [0.25, 0.3) is 22.0 Å². The molecule has 8 nitrogen and oxygen atoms in total. The molecule has 1 amide bonds. The Bertz CT molecular complexity index is 1570. The van der Waals surface area contributed by atoms with Crippen LogP contribution < -0.4 is 20.1 Å². The summed E-state index contributed by atoms with van der Waals surface area (Å²) in [5.41, 5.74) is 4.59. The number of carbonyl (C=O) groups excluding carboxylic acids is 1. The van der Waals surface area contributed by atoms with E-state index in [4.69, 9.17) is 19.4 Å². The molecule has 1 aliphatic rings. The molecule has 3 heterocycles. The van der Waals surface area contributed by atoms with E-state index in [0.29, 0.717) is 36.3 Å². The maximum absolute atomic E-state index is 12.4. The number of rotatable bonds is 15. The number of unbranched alkanes of at least 4 members (excludes halogenated alkanes) is 3. The molecule has 2 aromatic carbocycles. The molecule has 45 heavy (non-hydrogen) atoms. The van der Waals surface area contributed by atoms with Crippen molar-refractivity contribution in [3.63, 3.8) is 0 Å². The van der Waals surface area contributed by atoms with Crippen molar-refractivity contribution in [3.8, 4) is 22.6 Å². The Hall–Kier alpha value is -3.69. The minimum atomic E-state index is 0.0507.